The maximum Gasteiger partial charge on any atom is 0.261 e. The topological polar surface area (TPSA) is 87.7 Å². The average Bonchev–Trinajstić information content (AvgIpc) is 2.86. The van der Waals surface area contributed by atoms with E-state index in [-0.39, 0.29) is 10.8 Å². The molecule has 0 aliphatic carbocycles. The second kappa shape index (κ2) is 11.7. The van der Waals surface area contributed by atoms with Crippen molar-refractivity contribution in [1.82, 2.24) is 10.2 Å². The fourth-order valence-electron chi connectivity index (χ4n) is 3.51. The van der Waals surface area contributed by atoms with Gasteiger partial charge in [-0.05, 0) is 72.7 Å². The number of ether oxygens (including phenoxy) is 1. The molecule has 0 saturated heterocycles. The Balaban J connectivity index is 1.64. The monoisotopic (exact) mass is 481 g/mol. The van der Waals surface area contributed by atoms with Gasteiger partial charge in [-0.25, -0.2) is 8.42 Å². The molecule has 180 valence electrons. The van der Waals surface area contributed by atoms with Gasteiger partial charge in [-0.2, -0.15) is 0 Å². The lowest BCUT2D eigenvalue weighted by Crippen LogP contribution is -2.26. The summed E-state index contributed by atoms with van der Waals surface area (Å²) in [6.45, 7) is 7.40. The van der Waals surface area contributed by atoms with E-state index >= 15 is 0 Å². The van der Waals surface area contributed by atoms with Gasteiger partial charge in [0.2, 0.25) is 0 Å². The number of nitrogens with one attached hydrogen (secondary N) is 2. The first-order chi connectivity index (χ1) is 16.4. The Kier molecular flexibility index (Phi) is 8.67. The van der Waals surface area contributed by atoms with Crippen LogP contribution in [0.25, 0.3) is 0 Å². The molecule has 8 heteroatoms. The Bertz CT molecular complexity index is 1190. The number of rotatable bonds is 11. The van der Waals surface area contributed by atoms with Crippen molar-refractivity contribution in [3.05, 3.63) is 89.5 Å². The van der Waals surface area contributed by atoms with E-state index in [9.17, 15) is 13.2 Å². The van der Waals surface area contributed by atoms with Gasteiger partial charge in [0.1, 0.15) is 5.75 Å². The molecular formula is C26H31N3O4S. The molecule has 0 atom stereocenters. The molecule has 1 amide bonds. The fourth-order valence-corrected chi connectivity index (χ4v) is 4.57. The lowest BCUT2D eigenvalue weighted by molar-refractivity contribution is 0.0950. The van der Waals surface area contributed by atoms with Crippen LogP contribution in [0.1, 0.15) is 35.3 Å². The molecule has 0 heterocycles. The zero-order chi connectivity index (χ0) is 24.6. The van der Waals surface area contributed by atoms with E-state index in [0.29, 0.717) is 23.5 Å². The van der Waals surface area contributed by atoms with E-state index in [1.54, 1.807) is 31.4 Å². The van der Waals surface area contributed by atoms with Crippen LogP contribution >= 0.6 is 0 Å². The molecule has 3 rings (SSSR count). The molecule has 0 bridgehead atoms. The minimum absolute atomic E-state index is 0.0736. The average molecular weight is 482 g/mol. The summed E-state index contributed by atoms with van der Waals surface area (Å²) in [6, 6.07) is 20.5. The first kappa shape index (κ1) is 25.3. The smallest absolute Gasteiger partial charge is 0.261 e. The maximum absolute atomic E-state index is 12.7. The highest BCUT2D eigenvalue weighted by Gasteiger charge is 2.16. The second-order valence-electron chi connectivity index (χ2n) is 7.77. The number of methoxy groups -OCH3 is 1. The number of amides is 1. The molecule has 0 aliphatic rings. The third-order valence-electron chi connectivity index (χ3n) is 5.62. The summed E-state index contributed by atoms with van der Waals surface area (Å²) < 4.78 is 33.0. The molecule has 0 spiro atoms. The van der Waals surface area contributed by atoms with Crippen molar-refractivity contribution in [2.75, 3.05) is 24.9 Å². The number of carbonyl (C=O) groups is 1. The van der Waals surface area contributed by atoms with Crippen molar-refractivity contribution in [2.45, 2.75) is 31.8 Å². The highest BCUT2D eigenvalue weighted by molar-refractivity contribution is 7.92. The zero-order valence-electron chi connectivity index (χ0n) is 19.7. The summed E-state index contributed by atoms with van der Waals surface area (Å²) in [4.78, 5) is 15.1. The molecule has 7 nitrogen and oxygen atoms in total. The van der Waals surface area contributed by atoms with Crippen molar-refractivity contribution in [1.29, 1.82) is 0 Å². The molecule has 0 saturated carbocycles. The predicted molar refractivity (Wildman–Crippen MR) is 134 cm³/mol. The van der Waals surface area contributed by atoms with Crippen molar-refractivity contribution in [2.24, 2.45) is 0 Å². The summed E-state index contributed by atoms with van der Waals surface area (Å²) >= 11 is 0. The number of anilines is 1. The number of nitrogens with zero attached hydrogens (tertiary/aromatic N) is 1. The minimum Gasteiger partial charge on any atom is -0.497 e. The van der Waals surface area contributed by atoms with Crippen LogP contribution in [0.15, 0.2) is 77.7 Å². The standard InChI is InChI=1S/C26H31N3O4S/c1-4-29(5-2)19-22-9-7-6-8-21(22)18-27-26(30)20-10-16-25(17-11-20)34(31,32)28-23-12-14-24(33-3)15-13-23/h6-17,28H,4-5,18-19H2,1-3H3,(H,27,30). The van der Waals surface area contributed by atoms with E-state index in [4.69, 9.17) is 4.74 Å². The number of hydrogen-bond donors (Lipinski definition) is 2. The van der Waals surface area contributed by atoms with Crippen molar-refractivity contribution in [3.8, 4) is 5.75 Å². The molecular weight excluding hydrogens is 450 g/mol. The Morgan fingerprint density at radius 2 is 1.50 bits per heavy atom. The quantitative estimate of drug-likeness (QED) is 0.427. The molecule has 0 aliphatic heterocycles. The Morgan fingerprint density at radius 3 is 2.09 bits per heavy atom. The molecule has 0 radical (unpaired) electrons. The highest BCUT2D eigenvalue weighted by Crippen LogP contribution is 2.20. The van der Waals surface area contributed by atoms with Crippen LogP contribution < -0.4 is 14.8 Å². The van der Waals surface area contributed by atoms with Crippen LogP contribution in [0.3, 0.4) is 0 Å². The summed E-state index contributed by atoms with van der Waals surface area (Å²) in [5, 5.41) is 2.94. The summed E-state index contributed by atoms with van der Waals surface area (Å²) in [6.07, 6.45) is 0. The Labute approximate surface area is 201 Å². The van der Waals surface area contributed by atoms with Crippen LogP contribution in [0.2, 0.25) is 0 Å². The van der Waals surface area contributed by atoms with Gasteiger partial charge in [0, 0.05) is 24.3 Å². The Hall–Kier alpha value is -3.36. The fraction of sp³-hybridized carbons (Fsp3) is 0.269. The largest absolute Gasteiger partial charge is 0.497 e. The molecule has 0 fully saturated rings. The van der Waals surface area contributed by atoms with Gasteiger partial charge in [0.05, 0.1) is 12.0 Å². The van der Waals surface area contributed by atoms with Crippen LogP contribution in [0.4, 0.5) is 5.69 Å². The van der Waals surface area contributed by atoms with Gasteiger partial charge in [-0.3, -0.25) is 14.4 Å². The van der Waals surface area contributed by atoms with Crippen molar-refractivity contribution >= 4 is 21.6 Å². The van der Waals surface area contributed by atoms with E-state index in [1.807, 2.05) is 18.2 Å². The van der Waals surface area contributed by atoms with Crippen LogP contribution in [-0.4, -0.2) is 39.4 Å². The first-order valence-corrected chi connectivity index (χ1v) is 12.7. The second-order valence-corrected chi connectivity index (χ2v) is 9.45. The van der Waals surface area contributed by atoms with Gasteiger partial charge >= 0.3 is 0 Å². The predicted octanol–water partition coefficient (Wildman–Crippen LogP) is 4.27. The van der Waals surface area contributed by atoms with Crippen molar-refractivity contribution in [3.63, 3.8) is 0 Å². The Morgan fingerprint density at radius 1 is 0.882 bits per heavy atom. The molecule has 0 unspecified atom stereocenters. The number of hydrogen-bond acceptors (Lipinski definition) is 5. The van der Waals surface area contributed by atoms with Crippen molar-refractivity contribution < 1.29 is 17.9 Å². The van der Waals surface area contributed by atoms with E-state index in [1.165, 1.54) is 29.8 Å². The van der Waals surface area contributed by atoms with E-state index in [0.717, 1.165) is 25.2 Å². The molecule has 3 aromatic carbocycles. The third kappa shape index (κ3) is 6.59. The van der Waals surface area contributed by atoms with Gasteiger partial charge in [0.25, 0.3) is 15.9 Å². The number of benzene rings is 3. The van der Waals surface area contributed by atoms with Gasteiger partial charge in [-0.15, -0.1) is 0 Å². The van der Waals surface area contributed by atoms with Gasteiger partial charge < -0.3 is 10.1 Å². The normalized spacial score (nSPS) is 11.3. The number of sulfonamides is 1. The first-order valence-electron chi connectivity index (χ1n) is 11.2. The van der Waals surface area contributed by atoms with Gasteiger partial charge in [-0.1, -0.05) is 38.1 Å². The third-order valence-corrected chi connectivity index (χ3v) is 7.01. The highest BCUT2D eigenvalue weighted by atomic mass is 32.2. The summed E-state index contributed by atoms with van der Waals surface area (Å²) in [7, 11) is -2.24. The maximum atomic E-state index is 12.7. The van der Waals surface area contributed by atoms with E-state index < -0.39 is 10.0 Å². The zero-order valence-corrected chi connectivity index (χ0v) is 20.6. The van der Waals surface area contributed by atoms with Crippen LogP contribution in [-0.2, 0) is 23.1 Å². The summed E-state index contributed by atoms with van der Waals surface area (Å²) in [5.41, 5.74) is 3.05. The summed E-state index contributed by atoms with van der Waals surface area (Å²) in [5.74, 6) is 0.374. The van der Waals surface area contributed by atoms with E-state index in [2.05, 4.69) is 34.9 Å². The molecule has 34 heavy (non-hydrogen) atoms. The lowest BCUT2D eigenvalue weighted by Gasteiger charge is -2.20. The molecule has 0 aromatic heterocycles. The van der Waals surface area contributed by atoms with Crippen LogP contribution in [0, 0.1) is 0 Å². The van der Waals surface area contributed by atoms with Crippen LogP contribution in [0.5, 0.6) is 5.75 Å². The molecule has 3 aromatic rings. The minimum atomic E-state index is -3.78. The molecule has 2 N–H and O–H groups in total. The number of carbonyl (C=O) groups excluding carboxylic acids is 1. The lowest BCUT2D eigenvalue weighted by atomic mass is 10.1. The van der Waals surface area contributed by atoms with Gasteiger partial charge in [0.15, 0.2) is 0 Å². The SMILES string of the molecule is CCN(CC)Cc1ccccc1CNC(=O)c1ccc(S(=O)(=O)Nc2ccc(OC)cc2)cc1.